The summed E-state index contributed by atoms with van der Waals surface area (Å²) < 4.78 is 5.01. The van der Waals surface area contributed by atoms with E-state index in [1.165, 1.54) is 12.8 Å². The third kappa shape index (κ3) is 14.5. The molecule has 0 amide bonds. The van der Waals surface area contributed by atoms with Gasteiger partial charge in [-0.1, -0.05) is 45.1 Å². The number of carbonyl (C=O) groups excluding carboxylic acids is 1. The minimum absolute atomic E-state index is 0.295. The van der Waals surface area contributed by atoms with Gasteiger partial charge in [0.2, 0.25) is 0 Å². The van der Waals surface area contributed by atoms with Gasteiger partial charge in [0.15, 0.2) is 0 Å². The SMILES string of the molecule is C=C(C)C(=O)OCCCCCCCCC[Si](Cl)(Cl)Cl. The Morgan fingerprint density at radius 2 is 1.47 bits per heavy atom. The smallest absolute Gasteiger partial charge is 0.341 e. The van der Waals surface area contributed by atoms with Crippen molar-refractivity contribution in [3.63, 3.8) is 0 Å². The van der Waals surface area contributed by atoms with Gasteiger partial charge >= 0.3 is 12.0 Å². The molecule has 0 aromatic rings. The average Bonchev–Trinajstić information content (AvgIpc) is 2.29. The number of hydrogen-bond donors (Lipinski definition) is 0. The van der Waals surface area contributed by atoms with Crippen LogP contribution in [0.5, 0.6) is 0 Å². The molecule has 2 nitrogen and oxygen atoms in total. The van der Waals surface area contributed by atoms with E-state index in [1.807, 2.05) is 0 Å². The summed E-state index contributed by atoms with van der Waals surface area (Å²) in [6, 6.07) is -1.64. The number of halogens is 3. The minimum Gasteiger partial charge on any atom is -0.462 e. The summed E-state index contributed by atoms with van der Waals surface area (Å²) in [5, 5.41) is 0. The first-order valence-corrected chi connectivity index (χ1v) is 12.0. The van der Waals surface area contributed by atoms with Gasteiger partial charge in [0, 0.05) is 5.57 Å². The van der Waals surface area contributed by atoms with E-state index in [4.69, 9.17) is 38.0 Å². The monoisotopic (exact) mass is 344 g/mol. The molecule has 0 atom stereocenters. The quantitative estimate of drug-likeness (QED) is 0.163. The molecule has 0 spiro atoms. The van der Waals surface area contributed by atoms with Gasteiger partial charge in [0.1, 0.15) is 0 Å². The van der Waals surface area contributed by atoms with E-state index in [-0.39, 0.29) is 5.97 Å². The highest BCUT2D eigenvalue weighted by atomic mass is 35.8. The molecule has 0 saturated carbocycles. The lowest BCUT2D eigenvalue weighted by atomic mass is 10.1. The van der Waals surface area contributed by atoms with E-state index in [0.29, 0.717) is 12.2 Å². The zero-order valence-electron chi connectivity index (χ0n) is 11.5. The van der Waals surface area contributed by atoms with Crippen LogP contribution in [0.2, 0.25) is 6.04 Å². The zero-order chi connectivity index (χ0) is 14.7. The molecule has 0 saturated heterocycles. The van der Waals surface area contributed by atoms with Crippen LogP contribution in [0.15, 0.2) is 12.2 Å². The second-order valence-corrected chi connectivity index (χ2v) is 14.0. The Bertz CT molecular complexity index is 278. The summed E-state index contributed by atoms with van der Waals surface area (Å²) in [5.74, 6) is -0.295. The molecule has 0 aliphatic carbocycles. The van der Waals surface area contributed by atoms with E-state index in [2.05, 4.69) is 6.58 Å². The average molecular weight is 346 g/mol. The van der Waals surface area contributed by atoms with E-state index in [1.54, 1.807) is 6.92 Å². The number of hydrogen-bond acceptors (Lipinski definition) is 2. The van der Waals surface area contributed by atoms with Crippen molar-refractivity contribution in [3.8, 4) is 0 Å². The summed E-state index contributed by atoms with van der Waals surface area (Å²) in [6.07, 6.45) is 7.68. The summed E-state index contributed by atoms with van der Waals surface area (Å²) in [7, 11) is 0. The summed E-state index contributed by atoms with van der Waals surface area (Å²) in [5.41, 5.74) is 0.456. The van der Waals surface area contributed by atoms with E-state index in [9.17, 15) is 4.79 Å². The number of rotatable bonds is 11. The molecule has 112 valence electrons. The van der Waals surface area contributed by atoms with E-state index in [0.717, 1.165) is 38.1 Å². The number of carbonyl (C=O) groups is 1. The van der Waals surface area contributed by atoms with Gasteiger partial charge in [-0.25, -0.2) is 4.79 Å². The normalized spacial score (nSPS) is 11.4. The van der Waals surface area contributed by atoms with Crippen LogP contribution in [0.25, 0.3) is 0 Å². The van der Waals surface area contributed by atoms with Gasteiger partial charge in [0.05, 0.1) is 6.61 Å². The lowest BCUT2D eigenvalue weighted by Gasteiger charge is -2.07. The molecule has 0 aromatic carbocycles. The van der Waals surface area contributed by atoms with Crippen LogP contribution < -0.4 is 0 Å². The molecule has 0 aliphatic rings. The largest absolute Gasteiger partial charge is 0.462 e. The Kier molecular flexibility index (Phi) is 11.2. The van der Waals surface area contributed by atoms with Crippen LogP contribution >= 0.6 is 33.2 Å². The van der Waals surface area contributed by atoms with E-state index < -0.39 is 6.00 Å². The van der Waals surface area contributed by atoms with Crippen LogP contribution in [0.3, 0.4) is 0 Å². The Morgan fingerprint density at radius 3 is 1.95 bits per heavy atom. The van der Waals surface area contributed by atoms with Crippen LogP contribution in [-0.4, -0.2) is 18.6 Å². The summed E-state index contributed by atoms with van der Waals surface area (Å²) in [4.78, 5) is 11.1. The first kappa shape index (κ1) is 19.3. The highest BCUT2D eigenvalue weighted by Crippen LogP contribution is 2.27. The summed E-state index contributed by atoms with van der Waals surface area (Å²) in [6.45, 7) is 5.68. The van der Waals surface area contributed by atoms with Gasteiger partial charge in [-0.05, 0) is 19.4 Å². The Balaban J connectivity index is 3.20. The van der Waals surface area contributed by atoms with Crippen LogP contribution in [0.4, 0.5) is 0 Å². The lowest BCUT2D eigenvalue weighted by Crippen LogP contribution is -2.07. The lowest BCUT2D eigenvalue weighted by molar-refractivity contribution is -0.139. The Labute approximate surface area is 131 Å². The molecule has 0 heterocycles. The Hall–Kier alpha value is 0.297. The van der Waals surface area contributed by atoms with Crippen molar-refractivity contribution in [3.05, 3.63) is 12.2 Å². The number of unbranched alkanes of at least 4 members (excludes halogenated alkanes) is 6. The third-order valence-corrected chi connectivity index (χ3v) is 5.31. The van der Waals surface area contributed by atoms with Crippen LogP contribution in [0.1, 0.15) is 51.9 Å². The fourth-order valence-electron chi connectivity index (χ4n) is 1.60. The molecular weight excluding hydrogens is 323 g/mol. The molecule has 0 rings (SSSR count). The maximum atomic E-state index is 11.1. The van der Waals surface area contributed by atoms with Crippen molar-refractivity contribution in [2.45, 2.75) is 57.9 Å². The van der Waals surface area contributed by atoms with Gasteiger partial charge in [-0.2, -0.15) is 0 Å². The predicted octanol–water partition coefficient (Wildman–Crippen LogP) is 5.49. The third-order valence-electron chi connectivity index (χ3n) is 2.69. The minimum atomic E-state index is -2.40. The first-order chi connectivity index (χ1) is 8.83. The van der Waals surface area contributed by atoms with Crippen molar-refractivity contribution in [1.29, 1.82) is 0 Å². The molecule has 19 heavy (non-hydrogen) atoms. The van der Waals surface area contributed by atoms with Crippen molar-refractivity contribution in [2.24, 2.45) is 0 Å². The fraction of sp³-hybridized carbons (Fsp3) is 0.769. The van der Waals surface area contributed by atoms with Crippen molar-refractivity contribution in [1.82, 2.24) is 0 Å². The topological polar surface area (TPSA) is 26.3 Å². The van der Waals surface area contributed by atoms with Crippen molar-refractivity contribution < 1.29 is 9.53 Å². The Morgan fingerprint density at radius 1 is 1.00 bits per heavy atom. The number of esters is 1. The maximum Gasteiger partial charge on any atom is 0.341 e. The van der Waals surface area contributed by atoms with Crippen molar-refractivity contribution in [2.75, 3.05) is 6.61 Å². The molecule has 0 bridgehead atoms. The molecule has 6 heteroatoms. The fourth-order valence-corrected chi connectivity index (χ4v) is 3.45. The highest BCUT2D eigenvalue weighted by Gasteiger charge is 2.23. The van der Waals surface area contributed by atoms with Gasteiger partial charge < -0.3 is 4.74 Å². The van der Waals surface area contributed by atoms with Crippen LogP contribution in [0, 0.1) is 0 Å². The van der Waals surface area contributed by atoms with Gasteiger partial charge in [-0.3, -0.25) is 0 Å². The van der Waals surface area contributed by atoms with Gasteiger partial charge in [0.25, 0.3) is 0 Å². The predicted molar refractivity (Wildman–Crippen MR) is 86.2 cm³/mol. The molecule has 0 radical (unpaired) electrons. The maximum absolute atomic E-state index is 11.1. The molecular formula is C13H23Cl3O2Si. The highest BCUT2D eigenvalue weighted by molar-refractivity contribution is 7.64. The molecule has 0 unspecified atom stereocenters. The molecule has 0 N–H and O–H groups in total. The van der Waals surface area contributed by atoms with E-state index >= 15 is 0 Å². The van der Waals surface area contributed by atoms with Crippen LogP contribution in [-0.2, 0) is 9.53 Å². The molecule has 0 aliphatic heterocycles. The zero-order valence-corrected chi connectivity index (χ0v) is 14.8. The molecule has 0 aromatic heterocycles. The second-order valence-electron chi connectivity index (χ2n) is 4.76. The first-order valence-electron chi connectivity index (χ1n) is 6.72. The van der Waals surface area contributed by atoms with Gasteiger partial charge in [-0.15, -0.1) is 33.2 Å². The standard InChI is InChI=1S/C13H23Cl3O2Si/c1-12(2)13(17)18-10-8-6-4-3-5-7-9-11-19(14,15)16/h1,3-11H2,2H3. The summed E-state index contributed by atoms with van der Waals surface area (Å²) >= 11 is 17.4. The van der Waals surface area contributed by atoms with Crippen molar-refractivity contribution >= 4 is 45.2 Å². The molecule has 0 fully saturated rings. The number of ether oxygens (including phenoxy) is 1. The second kappa shape index (κ2) is 11.0.